The lowest BCUT2D eigenvalue weighted by molar-refractivity contribution is -0.141. The molecule has 0 heterocycles. The number of rotatable bonds is 9. The van der Waals surface area contributed by atoms with Gasteiger partial charge in [-0.25, -0.2) is 0 Å². The molecule has 0 saturated carbocycles. The highest BCUT2D eigenvalue weighted by atomic mass is 16.4. The molecule has 0 bridgehead atoms. The van der Waals surface area contributed by atoms with Crippen molar-refractivity contribution in [3.8, 4) is 0 Å². The molecule has 7 heteroatoms. The molecular weight excluding hydrogens is 240 g/mol. The highest BCUT2D eigenvalue weighted by molar-refractivity contribution is 5.79. The zero-order valence-electron chi connectivity index (χ0n) is 10.7. The normalized spacial score (nSPS) is 10.7. The molecule has 0 aliphatic rings. The first-order chi connectivity index (χ1) is 8.31. The number of carbonyl (C=O) groups is 3. The summed E-state index contributed by atoms with van der Waals surface area (Å²) < 4.78 is 0. The van der Waals surface area contributed by atoms with Gasteiger partial charge in [0.1, 0.15) is 0 Å². The van der Waals surface area contributed by atoms with Crippen molar-refractivity contribution < 1.29 is 24.6 Å². The lowest BCUT2D eigenvalue weighted by atomic mass is 10.2. The molecule has 0 aromatic carbocycles. The zero-order valence-corrected chi connectivity index (χ0v) is 10.7. The number of carboxylic acid groups (broad SMARTS) is 2. The lowest BCUT2D eigenvalue weighted by Gasteiger charge is -2.19. The molecular formula is C11H20N2O5. The van der Waals surface area contributed by atoms with Gasteiger partial charge in [-0.3, -0.25) is 19.3 Å². The Morgan fingerprint density at radius 2 is 1.72 bits per heavy atom. The molecule has 0 aliphatic heterocycles. The lowest BCUT2D eigenvalue weighted by Crippen LogP contribution is -2.41. The highest BCUT2D eigenvalue weighted by Crippen LogP contribution is 1.93. The van der Waals surface area contributed by atoms with Gasteiger partial charge in [0.15, 0.2) is 0 Å². The van der Waals surface area contributed by atoms with Crippen LogP contribution in [0.25, 0.3) is 0 Å². The average Bonchev–Trinajstić information content (AvgIpc) is 2.22. The van der Waals surface area contributed by atoms with E-state index in [9.17, 15) is 14.4 Å². The van der Waals surface area contributed by atoms with Crippen molar-refractivity contribution in [3.63, 3.8) is 0 Å². The zero-order chi connectivity index (χ0) is 14.1. The number of amides is 1. The number of nitrogens with zero attached hydrogens (tertiary/aromatic N) is 1. The van der Waals surface area contributed by atoms with Gasteiger partial charge in [0.05, 0.1) is 19.5 Å². The van der Waals surface area contributed by atoms with Crippen molar-refractivity contribution in [2.75, 3.05) is 26.2 Å². The molecule has 0 unspecified atom stereocenters. The third-order valence-electron chi connectivity index (χ3n) is 2.08. The molecule has 0 radical (unpaired) electrons. The van der Waals surface area contributed by atoms with Crippen molar-refractivity contribution in [2.24, 2.45) is 5.92 Å². The fraction of sp³-hybridized carbons (Fsp3) is 0.727. The molecule has 0 aromatic rings. The first kappa shape index (κ1) is 16.4. The summed E-state index contributed by atoms with van der Waals surface area (Å²) in [7, 11) is 0. The van der Waals surface area contributed by atoms with Gasteiger partial charge in [-0.1, -0.05) is 13.8 Å². The second kappa shape index (κ2) is 8.46. The van der Waals surface area contributed by atoms with Gasteiger partial charge in [0.2, 0.25) is 5.91 Å². The molecule has 3 N–H and O–H groups in total. The van der Waals surface area contributed by atoms with Gasteiger partial charge < -0.3 is 15.5 Å². The molecule has 1 amide bonds. The van der Waals surface area contributed by atoms with Crippen molar-refractivity contribution >= 4 is 17.8 Å². The molecule has 0 saturated heterocycles. The van der Waals surface area contributed by atoms with Gasteiger partial charge in [-0.15, -0.1) is 0 Å². The summed E-state index contributed by atoms with van der Waals surface area (Å²) in [5, 5.41) is 19.8. The van der Waals surface area contributed by atoms with E-state index in [4.69, 9.17) is 10.2 Å². The van der Waals surface area contributed by atoms with E-state index in [0.29, 0.717) is 12.5 Å². The maximum Gasteiger partial charge on any atom is 0.317 e. The Balaban J connectivity index is 4.16. The molecule has 18 heavy (non-hydrogen) atoms. The maximum absolute atomic E-state index is 11.5. The topological polar surface area (TPSA) is 107 Å². The minimum Gasteiger partial charge on any atom is -0.481 e. The van der Waals surface area contributed by atoms with E-state index < -0.39 is 11.9 Å². The standard InChI is InChI=1S/C11H20N2O5/c1-8(2)5-12-9(14)6-13(7-11(17)18)4-3-10(15)16/h8H,3-7H2,1-2H3,(H,12,14)(H,15,16)(H,17,18). The molecule has 7 nitrogen and oxygen atoms in total. The fourth-order valence-electron chi connectivity index (χ4n) is 1.24. The minimum absolute atomic E-state index is 0.0384. The summed E-state index contributed by atoms with van der Waals surface area (Å²) in [6.07, 6.45) is -0.190. The van der Waals surface area contributed by atoms with Crippen LogP contribution in [0.4, 0.5) is 0 Å². The van der Waals surface area contributed by atoms with Gasteiger partial charge in [0, 0.05) is 13.1 Å². The van der Waals surface area contributed by atoms with E-state index in [2.05, 4.69) is 5.32 Å². The number of carboxylic acids is 2. The highest BCUT2D eigenvalue weighted by Gasteiger charge is 2.15. The van der Waals surface area contributed by atoms with Crippen LogP contribution < -0.4 is 5.32 Å². The molecule has 0 rings (SSSR count). The Kier molecular flexibility index (Phi) is 7.69. The van der Waals surface area contributed by atoms with Crippen molar-refractivity contribution in [3.05, 3.63) is 0 Å². The number of nitrogens with one attached hydrogen (secondary N) is 1. The van der Waals surface area contributed by atoms with Crippen LogP contribution in [0.5, 0.6) is 0 Å². The smallest absolute Gasteiger partial charge is 0.317 e. The van der Waals surface area contributed by atoms with E-state index in [0.717, 1.165) is 0 Å². The predicted molar refractivity (Wildman–Crippen MR) is 64.2 cm³/mol. The predicted octanol–water partition coefficient (Wildman–Crippen LogP) is -0.380. The van der Waals surface area contributed by atoms with Gasteiger partial charge in [-0.05, 0) is 5.92 Å². The Morgan fingerprint density at radius 3 is 2.17 bits per heavy atom. The number of carbonyl (C=O) groups excluding carboxylic acids is 1. The Bertz CT molecular complexity index is 304. The quantitative estimate of drug-likeness (QED) is 0.521. The van der Waals surface area contributed by atoms with Crippen LogP contribution in [-0.2, 0) is 14.4 Å². The van der Waals surface area contributed by atoms with Crippen molar-refractivity contribution in [2.45, 2.75) is 20.3 Å². The second-order valence-electron chi connectivity index (χ2n) is 4.45. The largest absolute Gasteiger partial charge is 0.481 e. The van der Waals surface area contributed by atoms with Crippen LogP contribution in [0, 0.1) is 5.92 Å². The minimum atomic E-state index is -1.09. The summed E-state index contributed by atoms with van der Waals surface area (Å²) in [6, 6.07) is 0. The third kappa shape index (κ3) is 9.59. The van der Waals surface area contributed by atoms with E-state index in [1.54, 1.807) is 0 Å². The van der Waals surface area contributed by atoms with E-state index >= 15 is 0 Å². The van der Waals surface area contributed by atoms with Crippen LogP contribution in [0.2, 0.25) is 0 Å². The first-order valence-corrected chi connectivity index (χ1v) is 5.74. The molecule has 104 valence electrons. The van der Waals surface area contributed by atoms with Crippen LogP contribution in [0.3, 0.4) is 0 Å². The van der Waals surface area contributed by atoms with E-state index in [1.807, 2.05) is 13.8 Å². The summed E-state index contributed by atoms with van der Waals surface area (Å²) in [5.74, 6) is -2.10. The Labute approximate surface area is 106 Å². The SMILES string of the molecule is CC(C)CNC(=O)CN(CCC(=O)O)CC(=O)O. The summed E-state index contributed by atoms with van der Waals surface area (Å²) >= 11 is 0. The molecule has 0 spiro atoms. The number of hydrogen-bond acceptors (Lipinski definition) is 4. The fourth-order valence-corrected chi connectivity index (χ4v) is 1.24. The molecule has 0 aromatic heterocycles. The van der Waals surface area contributed by atoms with E-state index in [-0.39, 0.29) is 32.0 Å². The number of aliphatic carboxylic acids is 2. The first-order valence-electron chi connectivity index (χ1n) is 5.74. The molecule has 0 aliphatic carbocycles. The average molecular weight is 260 g/mol. The Hall–Kier alpha value is -1.63. The van der Waals surface area contributed by atoms with Crippen molar-refractivity contribution in [1.82, 2.24) is 10.2 Å². The monoisotopic (exact) mass is 260 g/mol. The molecule has 0 atom stereocenters. The van der Waals surface area contributed by atoms with Gasteiger partial charge in [-0.2, -0.15) is 0 Å². The number of hydrogen-bond donors (Lipinski definition) is 3. The van der Waals surface area contributed by atoms with Crippen LogP contribution in [0.15, 0.2) is 0 Å². The summed E-state index contributed by atoms with van der Waals surface area (Å²) in [6.45, 7) is 3.99. The Morgan fingerprint density at radius 1 is 1.11 bits per heavy atom. The third-order valence-corrected chi connectivity index (χ3v) is 2.08. The molecule has 0 fully saturated rings. The van der Waals surface area contributed by atoms with E-state index in [1.165, 1.54) is 4.90 Å². The van der Waals surface area contributed by atoms with Crippen LogP contribution >= 0.6 is 0 Å². The van der Waals surface area contributed by atoms with Gasteiger partial charge in [0.25, 0.3) is 0 Å². The van der Waals surface area contributed by atoms with Crippen LogP contribution in [-0.4, -0.2) is 59.1 Å². The van der Waals surface area contributed by atoms with Crippen LogP contribution in [0.1, 0.15) is 20.3 Å². The van der Waals surface area contributed by atoms with Crippen molar-refractivity contribution in [1.29, 1.82) is 0 Å². The summed E-state index contributed by atoms with van der Waals surface area (Å²) in [4.78, 5) is 33.8. The van der Waals surface area contributed by atoms with Gasteiger partial charge >= 0.3 is 11.9 Å². The second-order valence-corrected chi connectivity index (χ2v) is 4.45. The summed E-state index contributed by atoms with van der Waals surface area (Å²) in [5.41, 5.74) is 0. The maximum atomic E-state index is 11.5.